The zero-order valence-corrected chi connectivity index (χ0v) is 8.19. The van der Waals surface area contributed by atoms with E-state index >= 15 is 0 Å². The van der Waals surface area contributed by atoms with Crippen molar-refractivity contribution in [3.05, 3.63) is 0 Å². The fourth-order valence-corrected chi connectivity index (χ4v) is 1.12. The van der Waals surface area contributed by atoms with Crippen molar-refractivity contribution in [1.29, 1.82) is 0 Å². The van der Waals surface area contributed by atoms with Gasteiger partial charge in [0, 0.05) is 0 Å². The normalized spacial score (nSPS) is 15.1. The van der Waals surface area contributed by atoms with Crippen LogP contribution < -0.4 is 0 Å². The van der Waals surface area contributed by atoms with Crippen LogP contribution in [0.1, 0.15) is 32.6 Å². The molecule has 2 atom stereocenters. The Labute approximate surface area is 78.5 Å². The quantitative estimate of drug-likeness (QED) is 0.597. The molecule has 0 aliphatic carbocycles. The number of rotatable bonds is 6. The minimum absolute atomic E-state index is 0.0444. The predicted octanol–water partition coefficient (Wildman–Crippen LogP) is 0.461. The van der Waals surface area contributed by atoms with Crippen molar-refractivity contribution >= 4 is 5.97 Å². The van der Waals surface area contributed by atoms with Crippen LogP contribution in [0.2, 0.25) is 0 Å². The maximum absolute atomic E-state index is 10.7. The van der Waals surface area contributed by atoms with E-state index in [4.69, 9.17) is 0 Å². The fourth-order valence-electron chi connectivity index (χ4n) is 1.12. The lowest BCUT2D eigenvalue weighted by molar-refractivity contribution is -0.143. The molecule has 0 aromatic rings. The Bertz CT molecular complexity index is 147. The van der Waals surface area contributed by atoms with E-state index < -0.39 is 18.2 Å². The highest BCUT2D eigenvalue weighted by Gasteiger charge is 2.14. The van der Waals surface area contributed by atoms with E-state index in [9.17, 15) is 15.0 Å². The first-order valence-electron chi connectivity index (χ1n) is 4.53. The Kier molecular flexibility index (Phi) is 6.54. The third kappa shape index (κ3) is 6.54. The van der Waals surface area contributed by atoms with Gasteiger partial charge < -0.3 is 14.9 Å². The lowest BCUT2D eigenvalue weighted by atomic mass is 10.1. The average molecular weight is 190 g/mol. The Morgan fingerprint density at radius 1 is 1.38 bits per heavy atom. The molecule has 0 heterocycles. The van der Waals surface area contributed by atoms with Gasteiger partial charge in [0.25, 0.3) is 0 Å². The van der Waals surface area contributed by atoms with Crippen LogP contribution in [0, 0.1) is 0 Å². The monoisotopic (exact) mass is 190 g/mol. The van der Waals surface area contributed by atoms with Crippen LogP contribution in [-0.2, 0) is 9.53 Å². The van der Waals surface area contributed by atoms with Crippen molar-refractivity contribution < 1.29 is 19.7 Å². The minimum Gasteiger partial charge on any atom is -0.469 e. The predicted molar refractivity (Wildman–Crippen MR) is 48.2 cm³/mol. The van der Waals surface area contributed by atoms with E-state index in [1.807, 2.05) is 6.92 Å². The van der Waals surface area contributed by atoms with Crippen molar-refractivity contribution in [2.75, 3.05) is 7.11 Å². The molecule has 4 heteroatoms. The van der Waals surface area contributed by atoms with Crippen LogP contribution in [0.4, 0.5) is 0 Å². The van der Waals surface area contributed by atoms with Crippen molar-refractivity contribution in [2.45, 2.75) is 44.8 Å². The molecule has 78 valence electrons. The molecule has 0 fully saturated rings. The molecule has 0 saturated carbocycles. The topological polar surface area (TPSA) is 66.8 Å². The molecule has 2 N–H and O–H groups in total. The smallest absolute Gasteiger partial charge is 0.308 e. The summed E-state index contributed by atoms with van der Waals surface area (Å²) in [5.74, 6) is -0.448. The van der Waals surface area contributed by atoms with E-state index in [-0.39, 0.29) is 12.8 Å². The number of hydrogen-bond acceptors (Lipinski definition) is 4. The van der Waals surface area contributed by atoms with Gasteiger partial charge in [0.1, 0.15) is 0 Å². The first kappa shape index (κ1) is 12.4. The van der Waals surface area contributed by atoms with Crippen molar-refractivity contribution in [2.24, 2.45) is 0 Å². The summed E-state index contributed by atoms with van der Waals surface area (Å²) in [5.41, 5.74) is 0. The van der Waals surface area contributed by atoms with Crippen LogP contribution >= 0.6 is 0 Å². The number of esters is 1. The molecule has 4 nitrogen and oxygen atoms in total. The Morgan fingerprint density at radius 3 is 2.46 bits per heavy atom. The largest absolute Gasteiger partial charge is 0.469 e. The first-order chi connectivity index (χ1) is 6.10. The number of ether oxygens (including phenoxy) is 1. The van der Waals surface area contributed by atoms with Gasteiger partial charge in [0.05, 0.1) is 25.7 Å². The highest BCUT2D eigenvalue weighted by Crippen LogP contribution is 2.07. The number of hydrogen-bond donors (Lipinski definition) is 2. The summed E-state index contributed by atoms with van der Waals surface area (Å²) >= 11 is 0. The van der Waals surface area contributed by atoms with Gasteiger partial charge in [-0.15, -0.1) is 0 Å². The molecule has 0 spiro atoms. The zero-order chi connectivity index (χ0) is 10.3. The van der Waals surface area contributed by atoms with Gasteiger partial charge in [-0.05, 0) is 12.8 Å². The summed E-state index contributed by atoms with van der Waals surface area (Å²) in [6.45, 7) is 1.95. The van der Waals surface area contributed by atoms with E-state index in [2.05, 4.69) is 4.74 Å². The molecule has 0 aliphatic rings. The maximum atomic E-state index is 10.7. The van der Waals surface area contributed by atoms with Crippen molar-refractivity contribution in [1.82, 2.24) is 0 Å². The molecule has 0 saturated heterocycles. The van der Waals surface area contributed by atoms with Crippen LogP contribution in [0.5, 0.6) is 0 Å². The molecular formula is C9H18O4. The highest BCUT2D eigenvalue weighted by atomic mass is 16.5. The molecule has 0 aromatic heterocycles. The van der Waals surface area contributed by atoms with E-state index in [0.29, 0.717) is 6.42 Å². The van der Waals surface area contributed by atoms with E-state index in [1.54, 1.807) is 0 Å². The fraction of sp³-hybridized carbons (Fsp3) is 0.889. The van der Waals surface area contributed by atoms with Crippen LogP contribution in [0.25, 0.3) is 0 Å². The Balaban J connectivity index is 3.60. The third-order valence-electron chi connectivity index (χ3n) is 1.80. The van der Waals surface area contributed by atoms with E-state index in [1.165, 1.54) is 7.11 Å². The molecule has 0 unspecified atom stereocenters. The number of carbonyl (C=O) groups is 1. The first-order valence-corrected chi connectivity index (χ1v) is 4.53. The molecule has 13 heavy (non-hydrogen) atoms. The summed E-state index contributed by atoms with van der Waals surface area (Å²) < 4.78 is 4.38. The average Bonchev–Trinajstić information content (AvgIpc) is 2.04. The standard InChI is InChI=1S/C9H18O4/c1-3-4-7(10)5-8(11)6-9(12)13-2/h7-8,10-11H,3-6H2,1-2H3/t7-,8-/m1/s1. The lowest BCUT2D eigenvalue weighted by Gasteiger charge is -2.13. The van der Waals surface area contributed by atoms with Gasteiger partial charge in [-0.2, -0.15) is 0 Å². The molecule has 0 rings (SSSR count). The lowest BCUT2D eigenvalue weighted by Crippen LogP contribution is -2.21. The van der Waals surface area contributed by atoms with Gasteiger partial charge in [-0.3, -0.25) is 4.79 Å². The van der Waals surface area contributed by atoms with Crippen LogP contribution in [0.3, 0.4) is 0 Å². The number of aliphatic hydroxyl groups is 2. The molecule has 0 amide bonds. The van der Waals surface area contributed by atoms with Gasteiger partial charge in [0.2, 0.25) is 0 Å². The number of carbonyl (C=O) groups excluding carboxylic acids is 1. The molecular weight excluding hydrogens is 172 g/mol. The third-order valence-corrected chi connectivity index (χ3v) is 1.80. The maximum Gasteiger partial charge on any atom is 0.308 e. The van der Waals surface area contributed by atoms with Gasteiger partial charge >= 0.3 is 5.97 Å². The number of methoxy groups -OCH3 is 1. The second-order valence-electron chi connectivity index (χ2n) is 3.11. The van der Waals surface area contributed by atoms with Gasteiger partial charge in [0.15, 0.2) is 0 Å². The number of aliphatic hydroxyl groups excluding tert-OH is 2. The summed E-state index contributed by atoms with van der Waals surface area (Å²) in [7, 11) is 1.28. The second-order valence-corrected chi connectivity index (χ2v) is 3.11. The molecule has 0 radical (unpaired) electrons. The summed E-state index contributed by atoms with van der Waals surface area (Å²) in [6, 6.07) is 0. The van der Waals surface area contributed by atoms with Gasteiger partial charge in [-0.25, -0.2) is 0 Å². The second kappa shape index (κ2) is 6.86. The SMILES string of the molecule is CCC[C@@H](O)C[C@@H](O)CC(=O)OC. The molecule has 0 aromatic carbocycles. The minimum atomic E-state index is -0.797. The van der Waals surface area contributed by atoms with Gasteiger partial charge in [-0.1, -0.05) is 13.3 Å². The zero-order valence-electron chi connectivity index (χ0n) is 8.19. The van der Waals surface area contributed by atoms with Crippen LogP contribution in [0.15, 0.2) is 0 Å². The van der Waals surface area contributed by atoms with E-state index in [0.717, 1.165) is 6.42 Å². The molecule has 0 aliphatic heterocycles. The van der Waals surface area contributed by atoms with Crippen molar-refractivity contribution in [3.63, 3.8) is 0 Å². The Morgan fingerprint density at radius 2 is 2.00 bits per heavy atom. The van der Waals surface area contributed by atoms with Crippen molar-refractivity contribution in [3.8, 4) is 0 Å². The summed E-state index contributed by atoms with van der Waals surface area (Å²) in [5, 5.41) is 18.6. The highest BCUT2D eigenvalue weighted by molar-refractivity contribution is 5.69. The van der Waals surface area contributed by atoms with Crippen LogP contribution in [-0.4, -0.2) is 35.5 Å². The summed E-state index contributed by atoms with van der Waals surface area (Å²) in [4.78, 5) is 10.7. The Hall–Kier alpha value is -0.610. The summed E-state index contributed by atoms with van der Waals surface area (Å²) in [6.07, 6.45) is 0.392. The molecule has 0 bridgehead atoms.